The zero-order valence-electron chi connectivity index (χ0n) is 8.64. The van der Waals surface area contributed by atoms with Crippen molar-refractivity contribution in [1.29, 1.82) is 0 Å². The number of aliphatic hydroxyl groups excluding tert-OH is 1. The first kappa shape index (κ1) is 21.3. The van der Waals surface area contributed by atoms with Gasteiger partial charge in [0, 0.05) is 38.6 Å². The van der Waals surface area contributed by atoms with Crippen LogP contribution in [0, 0.1) is 13.5 Å². The van der Waals surface area contributed by atoms with E-state index >= 15 is 0 Å². The van der Waals surface area contributed by atoms with Crippen molar-refractivity contribution in [3.63, 3.8) is 0 Å². The first-order chi connectivity index (χ1) is 6.27. The van der Waals surface area contributed by atoms with Gasteiger partial charge in [0.2, 0.25) is 0 Å². The fourth-order valence-corrected chi connectivity index (χ4v) is 1.04. The number of carbonyl (C=O) groups is 1. The molecule has 0 aliphatic carbocycles. The molecule has 6 heteroatoms. The maximum Gasteiger partial charge on any atom is 2.00 e. The minimum Gasteiger partial charge on any atom is -0.665 e. The Balaban J connectivity index is -0.000000258. The van der Waals surface area contributed by atoms with E-state index in [1.807, 2.05) is 12.1 Å². The molecule has 0 saturated carbocycles. The summed E-state index contributed by atoms with van der Waals surface area (Å²) in [5, 5.41) is 10.5. The number of benzene rings is 1. The first-order valence-electron chi connectivity index (χ1n) is 3.53. The molecule has 0 unspecified atom stereocenters. The zero-order chi connectivity index (χ0) is 9.68. The average molecular weight is 464 g/mol. The molecule has 1 aliphatic rings. The second kappa shape index (κ2) is 11.4. The van der Waals surface area contributed by atoms with Gasteiger partial charge in [-0.05, 0) is 6.42 Å². The maximum absolute atomic E-state index is 10.7. The van der Waals surface area contributed by atoms with Crippen molar-refractivity contribution in [2.75, 3.05) is 0 Å². The summed E-state index contributed by atoms with van der Waals surface area (Å²) < 4.78 is 0. The third-order valence-electron chi connectivity index (χ3n) is 1.50. The van der Waals surface area contributed by atoms with Gasteiger partial charge in [-0.1, -0.05) is 6.47 Å². The Morgan fingerprint density at radius 3 is 2.56 bits per heavy atom. The summed E-state index contributed by atoms with van der Waals surface area (Å²) in [6.07, 6.45) is 0.451. The maximum atomic E-state index is 10.7. The number of nitrogens with zero attached hydrogens (tertiary/aromatic N) is 1. The quantitative estimate of drug-likeness (QED) is 0.595. The van der Waals surface area contributed by atoms with E-state index in [0.29, 0.717) is 18.6 Å². The summed E-state index contributed by atoms with van der Waals surface area (Å²) in [7, 11) is 0. The van der Waals surface area contributed by atoms with Crippen LogP contribution in [-0.2, 0) is 69.8 Å². The summed E-state index contributed by atoms with van der Waals surface area (Å²) in [6.45, 7) is 0.500. The summed E-state index contributed by atoms with van der Waals surface area (Å²) >= 11 is 0. The van der Waals surface area contributed by atoms with Crippen molar-refractivity contribution in [3.05, 3.63) is 42.6 Å². The fourth-order valence-electron chi connectivity index (χ4n) is 1.04. The van der Waals surface area contributed by atoms with Crippen LogP contribution in [0.1, 0.15) is 5.56 Å². The number of para-hydroxylation sites is 1. The Morgan fingerprint density at radius 2 is 2.06 bits per heavy atom. The molecule has 0 atom stereocenters. The monoisotopic (exact) mass is 464 g/mol. The molecule has 0 saturated heterocycles. The predicted octanol–water partition coefficient (Wildman–Crippen LogP) is 1.63. The fraction of sp³-hybridized carbons (Fsp3) is 0.100. The Morgan fingerprint density at radius 1 is 1.50 bits per heavy atom. The van der Waals surface area contributed by atoms with Crippen molar-refractivity contribution in [3.8, 4) is 0 Å². The molecule has 4 nitrogen and oxygen atoms in total. The van der Waals surface area contributed by atoms with Crippen LogP contribution >= 0.6 is 0 Å². The third-order valence-corrected chi connectivity index (χ3v) is 1.50. The molecule has 0 spiro atoms. The normalized spacial score (nSPS) is 9.88. The minimum absolute atomic E-state index is 0. The molecule has 1 aromatic rings. The molecule has 1 radical (unpaired) electrons. The number of rotatable bonds is 0. The zero-order valence-corrected chi connectivity index (χ0v) is 14.4. The number of hydrogen-bond donors (Lipinski definition) is 1. The first-order valence-corrected chi connectivity index (χ1v) is 3.53. The molecular weight excluding hydrogens is 455 g/mol. The van der Waals surface area contributed by atoms with Crippen LogP contribution in [-0.4, -0.2) is 17.5 Å². The number of fused-ring (bicyclic) bond motifs is 1. The van der Waals surface area contributed by atoms with E-state index in [1.54, 1.807) is 6.07 Å². The molecule has 2 rings (SSSR count). The molecule has 1 N–H and O–H groups in total. The summed E-state index contributed by atoms with van der Waals surface area (Å²) in [4.78, 5) is 18.9. The van der Waals surface area contributed by atoms with Gasteiger partial charge in [0.15, 0.2) is 0 Å². The van der Waals surface area contributed by atoms with Crippen LogP contribution in [0.3, 0.4) is 0 Å². The van der Waals surface area contributed by atoms with Gasteiger partial charge in [-0.3, -0.25) is 5.69 Å². The molecular formula is C10H9NO3WY-2. The van der Waals surface area contributed by atoms with Crippen molar-refractivity contribution < 1.29 is 68.5 Å². The van der Waals surface area contributed by atoms with Crippen LogP contribution < -0.4 is 0 Å². The largest absolute Gasteiger partial charge is 2.00 e. The molecule has 83 valence electrons. The van der Waals surface area contributed by atoms with Gasteiger partial charge in [0.1, 0.15) is 0 Å². The van der Waals surface area contributed by atoms with Crippen LogP contribution in [0.15, 0.2) is 18.2 Å². The van der Waals surface area contributed by atoms with E-state index in [1.165, 1.54) is 0 Å². The smallest absolute Gasteiger partial charge is 0.665 e. The van der Waals surface area contributed by atoms with Crippen molar-refractivity contribution in [1.82, 2.24) is 0 Å². The van der Waals surface area contributed by atoms with E-state index < -0.39 is 0 Å². The Labute approximate surface area is 134 Å². The van der Waals surface area contributed by atoms with Gasteiger partial charge in [0.25, 0.3) is 0 Å². The summed E-state index contributed by atoms with van der Waals surface area (Å²) in [5.41, 5.74) is 1.71. The standard InChI is InChI=1S/C8H6NO.CHO2.CH3.W.Y/c10-8-5-6-3-1-2-4-7(6)9-8;2-1-3;;;/h1-3H,5H2,(H,9,10);(H,2,3);1H3;;/q3*-1;+2;/p-1. The molecule has 0 fully saturated rings. The average Bonchev–Trinajstić information content (AvgIpc) is 2.45. The van der Waals surface area contributed by atoms with E-state index in [9.17, 15) is 4.79 Å². The molecule has 0 bridgehead atoms. The summed E-state index contributed by atoms with van der Waals surface area (Å²) in [5.74, 6) is -0.0579. The van der Waals surface area contributed by atoms with Gasteiger partial charge < -0.3 is 27.4 Å². The van der Waals surface area contributed by atoms with E-state index in [0.717, 1.165) is 5.56 Å². The number of hydrogen-bond acceptors (Lipinski definition) is 2. The van der Waals surface area contributed by atoms with Crippen LogP contribution in [0.4, 0.5) is 5.69 Å². The van der Waals surface area contributed by atoms with Crippen LogP contribution in [0.2, 0.25) is 0 Å². The molecule has 0 aromatic heterocycles. The molecule has 1 heterocycles. The topological polar surface area (TPSA) is 68.5 Å². The van der Waals surface area contributed by atoms with Gasteiger partial charge in [-0.15, -0.1) is 0 Å². The molecule has 1 aromatic carbocycles. The Kier molecular flexibility index (Phi) is 15.2. The minimum atomic E-state index is -0.0579. The van der Waals surface area contributed by atoms with E-state index in [-0.39, 0.29) is 67.1 Å². The third kappa shape index (κ3) is 6.52. The van der Waals surface area contributed by atoms with E-state index in [4.69, 9.17) is 9.90 Å². The van der Waals surface area contributed by atoms with Crippen LogP contribution in [0.25, 0.3) is 5.32 Å². The second-order valence-electron chi connectivity index (χ2n) is 2.32. The number of amides is 1. The Bertz CT molecular complexity index is 307. The van der Waals surface area contributed by atoms with Crippen LogP contribution in [0.5, 0.6) is 0 Å². The predicted molar refractivity (Wildman–Crippen MR) is 51.7 cm³/mol. The van der Waals surface area contributed by atoms with Gasteiger partial charge in [-0.2, -0.15) is 29.8 Å². The van der Waals surface area contributed by atoms with Crippen molar-refractivity contribution >= 4 is 18.1 Å². The SMILES string of the molecule is O=C1Cc2ccc[c-]c2[N-]1.O=[C-]O.[CH3-].[W+2].[Y]. The van der Waals surface area contributed by atoms with Gasteiger partial charge in [0.05, 0.1) is 0 Å². The summed E-state index contributed by atoms with van der Waals surface area (Å²) in [6, 6.07) is 8.43. The molecule has 1 aliphatic heterocycles. The Hall–Kier alpha value is -0.0478. The molecule has 16 heavy (non-hydrogen) atoms. The van der Waals surface area contributed by atoms with Gasteiger partial charge >= 0.3 is 21.1 Å². The van der Waals surface area contributed by atoms with E-state index in [2.05, 4.69) is 11.4 Å². The van der Waals surface area contributed by atoms with Crippen molar-refractivity contribution in [2.45, 2.75) is 6.42 Å². The van der Waals surface area contributed by atoms with Gasteiger partial charge in [-0.25, -0.2) is 0 Å². The number of carbonyl (C=O) groups excluding carboxylic acids is 1. The molecule has 1 amide bonds. The van der Waals surface area contributed by atoms with Crippen molar-refractivity contribution in [2.24, 2.45) is 0 Å². The second-order valence-corrected chi connectivity index (χ2v) is 2.32.